The molecular weight excluding hydrogens is 268 g/mol. The number of nitrogens with one attached hydrogen (secondary N) is 1. The Morgan fingerprint density at radius 3 is 2.79 bits per heavy atom. The highest BCUT2D eigenvalue weighted by atomic mass is 32.2. The molecule has 0 radical (unpaired) electrons. The molecule has 6 nitrogen and oxygen atoms in total. The van der Waals surface area contributed by atoms with Gasteiger partial charge in [0.1, 0.15) is 0 Å². The first-order valence-corrected chi connectivity index (χ1v) is 8.56. The second-order valence-corrected chi connectivity index (χ2v) is 6.97. The van der Waals surface area contributed by atoms with Crippen molar-refractivity contribution in [2.24, 2.45) is 0 Å². The first-order chi connectivity index (χ1) is 9.13. The van der Waals surface area contributed by atoms with E-state index in [1.54, 1.807) is 0 Å². The highest BCUT2D eigenvalue weighted by Gasteiger charge is 2.31. The molecule has 112 valence electrons. The van der Waals surface area contributed by atoms with Crippen molar-refractivity contribution >= 4 is 10.2 Å². The zero-order chi connectivity index (χ0) is 13.7. The molecule has 0 aromatic rings. The number of hydrogen-bond donors (Lipinski definition) is 2. The van der Waals surface area contributed by atoms with Gasteiger partial charge in [-0.25, -0.2) is 4.72 Å². The van der Waals surface area contributed by atoms with Crippen LogP contribution in [0.5, 0.6) is 0 Å². The van der Waals surface area contributed by atoms with Gasteiger partial charge in [0, 0.05) is 25.7 Å². The number of aliphatic hydroxyl groups excluding tert-OH is 1. The van der Waals surface area contributed by atoms with Crippen LogP contribution in [0.3, 0.4) is 0 Å². The van der Waals surface area contributed by atoms with E-state index < -0.39 is 10.2 Å². The monoisotopic (exact) mass is 292 g/mol. The molecule has 2 fully saturated rings. The van der Waals surface area contributed by atoms with Crippen molar-refractivity contribution in [1.82, 2.24) is 9.03 Å². The van der Waals surface area contributed by atoms with Crippen molar-refractivity contribution < 1.29 is 18.3 Å². The summed E-state index contributed by atoms with van der Waals surface area (Å²) >= 11 is 0. The van der Waals surface area contributed by atoms with Crippen LogP contribution < -0.4 is 4.72 Å². The predicted molar refractivity (Wildman–Crippen MR) is 71.9 cm³/mol. The molecule has 2 N–H and O–H groups in total. The summed E-state index contributed by atoms with van der Waals surface area (Å²) in [5.74, 6) is 0. The maximum atomic E-state index is 12.2. The van der Waals surface area contributed by atoms with Crippen LogP contribution >= 0.6 is 0 Å². The molecule has 2 unspecified atom stereocenters. The standard InChI is InChI=1S/C12H24N2O4S/c15-10-11-4-1-2-8-14(11)19(16,17)13-7-6-12-5-3-9-18-12/h11-13,15H,1-10H2. The Bertz CT molecular complexity index is 368. The molecule has 0 amide bonds. The summed E-state index contributed by atoms with van der Waals surface area (Å²) in [6.45, 7) is 1.59. The van der Waals surface area contributed by atoms with Gasteiger partial charge >= 0.3 is 0 Å². The van der Waals surface area contributed by atoms with Gasteiger partial charge in [0.2, 0.25) is 0 Å². The predicted octanol–water partition coefficient (Wildman–Crippen LogP) is 0.237. The van der Waals surface area contributed by atoms with Gasteiger partial charge in [-0.3, -0.25) is 0 Å². The Hall–Kier alpha value is -0.210. The third-order valence-corrected chi connectivity index (χ3v) is 5.53. The van der Waals surface area contributed by atoms with Gasteiger partial charge in [0.05, 0.1) is 12.7 Å². The van der Waals surface area contributed by atoms with Crippen molar-refractivity contribution in [1.29, 1.82) is 0 Å². The topological polar surface area (TPSA) is 78.9 Å². The molecule has 2 aliphatic rings. The average molecular weight is 292 g/mol. The van der Waals surface area contributed by atoms with Gasteiger partial charge < -0.3 is 9.84 Å². The second kappa shape index (κ2) is 6.99. The van der Waals surface area contributed by atoms with Crippen molar-refractivity contribution in [2.45, 2.75) is 50.7 Å². The number of piperidine rings is 1. The zero-order valence-electron chi connectivity index (χ0n) is 11.3. The maximum absolute atomic E-state index is 12.2. The van der Waals surface area contributed by atoms with Crippen LogP contribution in [0.2, 0.25) is 0 Å². The summed E-state index contributed by atoms with van der Waals surface area (Å²) in [6.07, 6.45) is 5.58. The Morgan fingerprint density at radius 2 is 2.11 bits per heavy atom. The third kappa shape index (κ3) is 4.13. The molecule has 0 bridgehead atoms. The van der Waals surface area contributed by atoms with E-state index in [2.05, 4.69) is 4.72 Å². The van der Waals surface area contributed by atoms with Gasteiger partial charge in [-0.2, -0.15) is 12.7 Å². The Labute approximate surface area is 115 Å². The first kappa shape index (κ1) is 15.2. The summed E-state index contributed by atoms with van der Waals surface area (Å²) < 4.78 is 33.9. The lowest BCUT2D eigenvalue weighted by atomic mass is 10.1. The lowest BCUT2D eigenvalue weighted by molar-refractivity contribution is 0.105. The van der Waals surface area contributed by atoms with Gasteiger partial charge in [-0.05, 0) is 32.1 Å². The van der Waals surface area contributed by atoms with E-state index in [1.165, 1.54) is 4.31 Å². The molecule has 2 aliphatic heterocycles. The maximum Gasteiger partial charge on any atom is 0.279 e. The Morgan fingerprint density at radius 1 is 1.26 bits per heavy atom. The van der Waals surface area contributed by atoms with E-state index in [9.17, 15) is 13.5 Å². The molecule has 2 rings (SSSR count). The van der Waals surface area contributed by atoms with Crippen LogP contribution in [0.4, 0.5) is 0 Å². The van der Waals surface area contributed by atoms with Gasteiger partial charge in [0.15, 0.2) is 0 Å². The van der Waals surface area contributed by atoms with Crippen LogP contribution in [-0.2, 0) is 14.9 Å². The average Bonchev–Trinajstić information content (AvgIpc) is 2.91. The summed E-state index contributed by atoms with van der Waals surface area (Å²) in [7, 11) is -3.47. The van der Waals surface area contributed by atoms with E-state index >= 15 is 0 Å². The van der Waals surface area contributed by atoms with Gasteiger partial charge in [-0.15, -0.1) is 0 Å². The Balaban J connectivity index is 1.82. The summed E-state index contributed by atoms with van der Waals surface area (Å²) in [4.78, 5) is 0. The molecule has 2 heterocycles. The van der Waals surface area contributed by atoms with Gasteiger partial charge in [-0.1, -0.05) is 6.42 Å². The first-order valence-electron chi connectivity index (χ1n) is 7.12. The van der Waals surface area contributed by atoms with Crippen molar-refractivity contribution in [3.8, 4) is 0 Å². The summed E-state index contributed by atoms with van der Waals surface area (Å²) in [5, 5.41) is 9.27. The fraction of sp³-hybridized carbons (Fsp3) is 1.00. The van der Waals surface area contributed by atoms with E-state index in [4.69, 9.17) is 4.74 Å². The van der Waals surface area contributed by atoms with Crippen LogP contribution in [0.1, 0.15) is 38.5 Å². The normalized spacial score (nSPS) is 29.7. The lowest BCUT2D eigenvalue weighted by Gasteiger charge is -2.33. The number of rotatable bonds is 6. The smallest absolute Gasteiger partial charge is 0.279 e. The number of aliphatic hydroxyl groups is 1. The fourth-order valence-corrected chi connectivity index (χ4v) is 4.25. The zero-order valence-corrected chi connectivity index (χ0v) is 12.1. The number of nitrogens with zero attached hydrogens (tertiary/aromatic N) is 1. The Kier molecular flexibility index (Phi) is 5.58. The van der Waals surface area contributed by atoms with Crippen molar-refractivity contribution in [2.75, 3.05) is 26.3 Å². The van der Waals surface area contributed by atoms with Crippen LogP contribution in [0, 0.1) is 0 Å². The highest BCUT2D eigenvalue weighted by molar-refractivity contribution is 7.87. The molecule has 0 spiro atoms. The molecule has 0 aromatic heterocycles. The fourth-order valence-electron chi connectivity index (χ4n) is 2.78. The molecule has 7 heteroatoms. The molecule has 0 aromatic carbocycles. The summed E-state index contributed by atoms with van der Waals surface area (Å²) in [5.41, 5.74) is 0. The molecule has 0 saturated carbocycles. The van der Waals surface area contributed by atoms with Gasteiger partial charge in [0.25, 0.3) is 10.2 Å². The van der Waals surface area contributed by atoms with Crippen LogP contribution in [-0.4, -0.2) is 56.3 Å². The highest BCUT2D eigenvalue weighted by Crippen LogP contribution is 2.19. The van der Waals surface area contributed by atoms with Crippen molar-refractivity contribution in [3.05, 3.63) is 0 Å². The lowest BCUT2D eigenvalue weighted by Crippen LogP contribution is -2.50. The minimum absolute atomic E-state index is 0.105. The van der Waals surface area contributed by atoms with E-state index in [0.29, 0.717) is 13.1 Å². The molecule has 19 heavy (non-hydrogen) atoms. The van der Waals surface area contributed by atoms with E-state index in [1.807, 2.05) is 0 Å². The quantitative estimate of drug-likeness (QED) is 0.735. The van der Waals surface area contributed by atoms with Crippen LogP contribution in [0.25, 0.3) is 0 Å². The SMILES string of the molecule is O=S(=O)(NCCC1CCCO1)N1CCCCC1CO. The molecule has 2 saturated heterocycles. The molecule has 2 atom stereocenters. The van der Waals surface area contributed by atoms with Crippen LogP contribution in [0.15, 0.2) is 0 Å². The van der Waals surface area contributed by atoms with Crippen molar-refractivity contribution in [3.63, 3.8) is 0 Å². The van der Waals surface area contributed by atoms with E-state index in [0.717, 1.165) is 45.1 Å². The minimum Gasteiger partial charge on any atom is -0.395 e. The second-order valence-electron chi connectivity index (χ2n) is 5.27. The molecule has 0 aliphatic carbocycles. The summed E-state index contributed by atoms with van der Waals surface area (Å²) in [6, 6.07) is -0.269. The number of ether oxygens (including phenoxy) is 1. The largest absolute Gasteiger partial charge is 0.395 e. The third-order valence-electron chi connectivity index (χ3n) is 3.87. The number of hydrogen-bond acceptors (Lipinski definition) is 4. The minimum atomic E-state index is -3.47. The molecular formula is C12H24N2O4S. The van der Waals surface area contributed by atoms with E-state index in [-0.39, 0.29) is 18.8 Å².